The molecule has 7 heteroatoms. The standard InChI is InChI=1S/C16H14FNO4S/c1-23(21,22)14-4-2-3-12(9-14)16(20)18-10-15(19)11-5-7-13(17)8-6-11/h2-9H,10H2,1H3,(H,18,20). The van der Waals surface area contributed by atoms with Crippen LogP contribution in [0.25, 0.3) is 0 Å². The third-order valence-electron chi connectivity index (χ3n) is 3.10. The number of halogens is 1. The first-order valence-electron chi connectivity index (χ1n) is 6.64. The molecule has 0 aliphatic heterocycles. The maximum Gasteiger partial charge on any atom is 0.251 e. The molecule has 0 spiro atoms. The lowest BCUT2D eigenvalue weighted by atomic mass is 10.1. The van der Waals surface area contributed by atoms with Gasteiger partial charge >= 0.3 is 0 Å². The molecule has 1 N–H and O–H groups in total. The highest BCUT2D eigenvalue weighted by atomic mass is 32.2. The van der Waals surface area contributed by atoms with Crippen LogP contribution in [-0.4, -0.2) is 32.9 Å². The number of amides is 1. The lowest BCUT2D eigenvalue weighted by Crippen LogP contribution is -2.29. The van der Waals surface area contributed by atoms with Crippen molar-refractivity contribution in [3.63, 3.8) is 0 Å². The molecule has 0 saturated carbocycles. The number of hydrogen-bond donors (Lipinski definition) is 1. The molecule has 0 aliphatic carbocycles. The Bertz CT molecular complexity index is 845. The van der Waals surface area contributed by atoms with Crippen LogP contribution in [0.5, 0.6) is 0 Å². The van der Waals surface area contributed by atoms with Crippen LogP contribution < -0.4 is 5.32 Å². The van der Waals surface area contributed by atoms with Gasteiger partial charge in [0.05, 0.1) is 11.4 Å². The van der Waals surface area contributed by atoms with E-state index in [-0.39, 0.29) is 28.4 Å². The van der Waals surface area contributed by atoms with Crippen LogP contribution in [0.15, 0.2) is 53.4 Å². The first-order chi connectivity index (χ1) is 10.8. The Hall–Kier alpha value is -2.54. The monoisotopic (exact) mass is 335 g/mol. The van der Waals surface area contributed by atoms with E-state index in [1.165, 1.54) is 36.4 Å². The van der Waals surface area contributed by atoms with Crippen molar-refractivity contribution in [2.24, 2.45) is 0 Å². The molecule has 23 heavy (non-hydrogen) atoms. The van der Waals surface area contributed by atoms with Gasteiger partial charge in [-0.25, -0.2) is 12.8 Å². The third-order valence-corrected chi connectivity index (χ3v) is 4.21. The van der Waals surface area contributed by atoms with Crippen LogP contribution in [0.4, 0.5) is 4.39 Å². The Morgan fingerprint density at radius 2 is 1.70 bits per heavy atom. The number of hydrogen-bond acceptors (Lipinski definition) is 4. The van der Waals surface area contributed by atoms with Crippen LogP contribution >= 0.6 is 0 Å². The number of benzene rings is 2. The molecule has 0 aliphatic rings. The molecule has 5 nitrogen and oxygen atoms in total. The second-order valence-electron chi connectivity index (χ2n) is 4.91. The van der Waals surface area contributed by atoms with Gasteiger partial charge in [0.2, 0.25) is 0 Å². The zero-order valence-electron chi connectivity index (χ0n) is 12.2. The Balaban J connectivity index is 2.05. The van der Waals surface area contributed by atoms with Crippen molar-refractivity contribution in [3.05, 3.63) is 65.5 Å². The Morgan fingerprint density at radius 1 is 1.04 bits per heavy atom. The maximum absolute atomic E-state index is 12.8. The second-order valence-corrected chi connectivity index (χ2v) is 6.93. The van der Waals surface area contributed by atoms with Crippen LogP contribution in [0.2, 0.25) is 0 Å². The van der Waals surface area contributed by atoms with Gasteiger partial charge < -0.3 is 5.32 Å². The van der Waals surface area contributed by atoms with Crippen molar-refractivity contribution in [2.45, 2.75) is 4.90 Å². The molecule has 2 aromatic rings. The number of sulfone groups is 1. The molecule has 1 amide bonds. The van der Waals surface area contributed by atoms with Crippen LogP contribution in [-0.2, 0) is 9.84 Å². The van der Waals surface area contributed by atoms with Crippen LogP contribution in [0.3, 0.4) is 0 Å². The number of carbonyl (C=O) groups is 2. The molecule has 120 valence electrons. The fraction of sp³-hybridized carbons (Fsp3) is 0.125. The highest BCUT2D eigenvalue weighted by molar-refractivity contribution is 7.90. The Labute approximate surface area is 133 Å². The van der Waals surface area contributed by atoms with Gasteiger partial charge in [-0.05, 0) is 42.5 Å². The van der Waals surface area contributed by atoms with E-state index < -0.39 is 21.6 Å². The molecule has 0 radical (unpaired) electrons. The predicted molar refractivity (Wildman–Crippen MR) is 82.6 cm³/mol. The fourth-order valence-corrected chi connectivity index (χ4v) is 2.54. The minimum absolute atomic E-state index is 0.0232. The highest BCUT2D eigenvalue weighted by Crippen LogP contribution is 2.11. The number of nitrogens with one attached hydrogen (secondary N) is 1. The zero-order valence-corrected chi connectivity index (χ0v) is 13.1. The zero-order chi connectivity index (χ0) is 17.0. The summed E-state index contributed by atoms with van der Waals surface area (Å²) in [6.45, 7) is -0.270. The average molecular weight is 335 g/mol. The Kier molecular flexibility index (Phi) is 4.90. The van der Waals surface area contributed by atoms with Crippen molar-refractivity contribution < 1.29 is 22.4 Å². The normalized spacial score (nSPS) is 11.0. The predicted octanol–water partition coefficient (Wildman–Crippen LogP) is 1.84. The number of ketones is 1. The smallest absolute Gasteiger partial charge is 0.251 e. The first-order valence-corrected chi connectivity index (χ1v) is 8.53. The molecule has 0 bridgehead atoms. The molecule has 0 unspecified atom stereocenters. The van der Waals surface area contributed by atoms with Crippen LogP contribution in [0, 0.1) is 5.82 Å². The van der Waals surface area contributed by atoms with E-state index in [9.17, 15) is 22.4 Å². The summed E-state index contributed by atoms with van der Waals surface area (Å²) >= 11 is 0. The Morgan fingerprint density at radius 3 is 2.30 bits per heavy atom. The summed E-state index contributed by atoms with van der Waals surface area (Å²) in [5.41, 5.74) is 0.413. The summed E-state index contributed by atoms with van der Waals surface area (Å²) in [4.78, 5) is 23.9. The van der Waals surface area contributed by atoms with E-state index in [0.29, 0.717) is 0 Å². The SMILES string of the molecule is CS(=O)(=O)c1cccc(C(=O)NCC(=O)c2ccc(F)cc2)c1. The van der Waals surface area contributed by atoms with Gasteiger partial charge in [0.15, 0.2) is 15.6 Å². The molecular weight excluding hydrogens is 321 g/mol. The van der Waals surface area contributed by atoms with Gasteiger partial charge in [-0.2, -0.15) is 0 Å². The summed E-state index contributed by atoms with van der Waals surface area (Å²) in [5, 5.41) is 2.41. The van der Waals surface area contributed by atoms with Crippen molar-refractivity contribution in [2.75, 3.05) is 12.8 Å². The second kappa shape index (κ2) is 6.70. The summed E-state index contributed by atoms with van der Waals surface area (Å²) < 4.78 is 35.7. The van der Waals surface area contributed by atoms with Crippen molar-refractivity contribution in [3.8, 4) is 0 Å². The summed E-state index contributed by atoms with van der Waals surface area (Å²) in [6.07, 6.45) is 1.04. The van der Waals surface area contributed by atoms with Gasteiger partial charge in [0.25, 0.3) is 5.91 Å². The quantitative estimate of drug-likeness (QED) is 0.846. The molecule has 0 atom stereocenters. The van der Waals surface area contributed by atoms with E-state index in [4.69, 9.17) is 0 Å². The first kappa shape index (κ1) is 16.8. The van der Waals surface area contributed by atoms with Gasteiger partial charge in [0, 0.05) is 17.4 Å². The van der Waals surface area contributed by atoms with E-state index in [2.05, 4.69) is 5.32 Å². The number of Topliss-reactive ketones (excluding diaryl/α,β-unsaturated/α-hetero) is 1. The number of rotatable bonds is 5. The van der Waals surface area contributed by atoms with E-state index in [1.807, 2.05) is 0 Å². The minimum Gasteiger partial charge on any atom is -0.345 e. The van der Waals surface area contributed by atoms with Gasteiger partial charge in [-0.3, -0.25) is 9.59 Å². The topological polar surface area (TPSA) is 80.3 Å². The summed E-state index contributed by atoms with van der Waals surface area (Å²) in [7, 11) is -3.42. The molecule has 0 heterocycles. The van der Waals surface area contributed by atoms with E-state index in [1.54, 1.807) is 0 Å². The van der Waals surface area contributed by atoms with Crippen LogP contribution in [0.1, 0.15) is 20.7 Å². The van der Waals surface area contributed by atoms with Crippen molar-refractivity contribution >= 4 is 21.5 Å². The fourth-order valence-electron chi connectivity index (χ4n) is 1.87. The van der Waals surface area contributed by atoms with Crippen molar-refractivity contribution in [1.29, 1.82) is 0 Å². The van der Waals surface area contributed by atoms with E-state index in [0.717, 1.165) is 18.4 Å². The third kappa shape index (κ3) is 4.46. The maximum atomic E-state index is 12.8. The van der Waals surface area contributed by atoms with Gasteiger partial charge in [0.1, 0.15) is 5.82 Å². The molecule has 0 fully saturated rings. The molecule has 2 rings (SSSR count). The minimum atomic E-state index is -3.42. The molecule has 0 saturated heterocycles. The molecule has 0 aromatic heterocycles. The lowest BCUT2D eigenvalue weighted by molar-refractivity contribution is 0.0904. The largest absolute Gasteiger partial charge is 0.345 e. The summed E-state index contributed by atoms with van der Waals surface area (Å²) in [5.74, 6) is -1.40. The van der Waals surface area contributed by atoms with E-state index >= 15 is 0 Å². The number of carbonyl (C=O) groups excluding carboxylic acids is 2. The molecule has 2 aromatic carbocycles. The highest BCUT2D eigenvalue weighted by Gasteiger charge is 2.13. The average Bonchev–Trinajstić information content (AvgIpc) is 2.52. The molecular formula is C16H14FNO4S. The van der Waals surface area contributed by atoms with Gasteiger partial charge in [-0.1, -0.05) is 6.07 Å². The van der Waals surface area contributed by atoms with Crippen molar-refractivity contribution in [1.82, 2.24) is 5.32 Å². The van der Waals surface area contributed by atoms with Gasteiger partial charge in [-0.15, -0.1) is 0 Å². The summed E-state index contributed by atoms with van der Waals surface area (Å²) in [6, 6.07) is 10.5. The lowest BCUT2D eigenvalue weighted by Gasteiger charge is -2.06.